The van der Waals surface area contributed by atoms with Crippen molar-refractivity contribution in [2.45, 2.75) is 39.7 Å². The van der Waals surface area contributed by atoms with Crippen LogP contribution in [0.5, 0.6) is 0 Å². The van der Waals surface area contributed by atoms with E-state index in [1.165, 1.54) is 38.9 Å². The molecule has 0 aliphatic heterocycles. The Labute approximate surface area is 105 Å². The highest BCUT2D eigenvalue weighted by molar-refractivity contribution is 4.85. The number of imidazole rings is 1. The van der Waals surface area contributed by atoms with Crippen molar-refractivity contribution in [3.8, 4) is 0 Å². The number of hydrogen-bond acceptors (Lipinski definition) is 3. The normalized spacial score (nSPS) is 11.2. The zero-order valence-electron chi connectivity index (χ0n) is 11.2. The van der Waals surface area contributed by atoms with Gasteiger partial charge >= 0.3 is 0 Å². The molecule has 1 aromatic rings. The van der Waals surface area contributed by atoms with E-state index in [0.717, 1.165) is 18.9 Å². The molecule has 0 saturated carbocycles. The summed E-state index contributed by atoms with van der Waals surface area (Å²) in [6.07, 6.45) is 7.36. The van der Waals surface area contributed by atoms with E-state index in [4.69, 9.17) is 0 Å². The van der Waals surface area contributed by atoms with Crippen molar-refractivity contribution in [1.29, 1.82) is 0 Å². The number of H-pyrrole nitrogens is 1. The van der Waals surface area contributed by atoms with Gasteiger partial charge < -0.3 is 15.2 Å². The van der Waals surface area contributed by atoms with Crippen LogP contribution in [0.2, 0.25) is 0 Å². The van der Waals surface area contributed by atoms with Crippen LogP contribution in [-0.4, -0.2) is 41.0 Å². The second-order valence-electron chi connectivity index (χ2n) is 4.41. The van der Waals surface area contributed by atoms with Crippen LogP contribution in [-0.2, 0) is 6.54 Å². The molecule has 0 radical (unpaired) electrons. The average molecular weight is 238 g/mol. The van der Waals surface area contributed by atoms with Crippen molar-refractivity contribution in [2.75, 3.05) is 26.2 Å². The number of nitrogens with zero attached hydrogens (tertiary/aromatic N) is 2. The van der Waals surface area contributed by atoms with Crippen LogP contribution < -0.4 is 5.32 Å². The summed E-state index contributed by atoms with van der Waals surface area (Å²) in [4.78, 5) is 9.82. The summed E-state index contributed by atoms with van der Waals surface area (Å²) in [7, 11) is 0. The minimum Gasteiger partial charge on any atom is -0.348 e. The first kappa shape index (κ1) is 14.2. The molecule has 0 amide bonds. The Hall–Kier alpha value is -0.870. The van der Waals surface area contributed by atoms with E-state index in [1.807, 2.05) is 6.20 Å². The summed E-state index contributed by atoms with van der Waals surface area (Å²) in [5, 5.41) is 3.41. The van der Waals surface area contributed by atoms with E-state index in [2.05, 4.69) is 34.0 Å². The fourth-order valence-electron chi connectivity index (χ4n) is 2.00. The van der Waals surface area contributed by atoms with Crippen molar-refractivity contribution >= 4 is 0 Å². The maximum absolute atomic E-state index is 4.18. The molecule has 0 spiro atoms. The standard InChI is InChI=1S/C13H26N4/c1-3-9-17(10-4-2)11-5-6-14-12-13-15-7-8-16-13/h7-8,14H,3-6,9-12H2,1-2H3,(H,15,16). The number of aromatic amines is 1. The highest BCUT2D eigenvalue weighted by Gasteiger charge is 2.01. The van der Waals surface area contributed by atoms with E-state index in [0.29, 0.717) is 0 Å². The highest BCUT2D eigenvalue weighted by atomic mass is 15.1. The van der Waals surface area contributed by atoms with E-state index < -0.39 is 0 Å². The maximum atomic E-state index is 4.18. The molecule has 0 saturated heterocycles. The van der Waals surface area contributed by atoms with Crippen LogP contribution in [0.15, 0.2) is 12.4 Å². The topological polar surface area (TPSA) is 44.0 Å². The number of hydrogen-bond donors (Lipinski definition) is 2. The number of rotatable bonds is 10. The van der Waals surface area contributed by atoms with Gasteiger partial charge in [0.15, 0.2) is 0 Å². The van der Waals surface area contributed by atoms with Crippen molar-refractivity contribution in [2.24, 2.45) is 0 Å². The third-order valence-electron chi connectivity index (χ3n) is 2.75. The van der Waals surface area contributed by atoms with E-state index in [1.54, 1.807) is 6.20 Å². The molecule has 4 heteroatoms. The highest BCUT2D eigenvalue weighted by Crippen LogP contribution is 1.96. The van der Waals surface area contributed by atoms with Crippen molar-refractivity contribution in [3.63, 3.8) is 0 Å². The van der Waals surface area contributed by atoms with Crippen LogP contribution in [0.3, 0.4) is 0 Å². The third-order valence-corrected chi connectivity index (χ3v) is 2.75. The Morgan fingerprint density at radius 2 is 2.00 bits per heavy atom. The Morgan fingerprint density at radius 1 is 1.24 bits per heavy atom. The Balaban J connectivity index is 2.01. The molecule has 1 rings (SSSR count). The molecule has 0 aliphatic carbocycles. The third kappa shape index (κ3) is 6.44. The molecule has 1 heterocycles. The monoisotopic (exact) mass is 238 g/mol. The number of aromatic nitrogens is 2. The minimum absolute atomic E-state index is 0.842. The van der Waals surface area contributed by atoms with Crippen LogP contribution in [0.4, 0.5) is 0 Å². The van der Waals surface area contributed by atoms with Gasteiger partial charge in [0.1, 0.15) is 5.82 Å². The van der Waals surface area contributed by atoms with Crippen LogP contribution in [0, 0.1) is 0 Å². The second kappa shape index (κ2) is 9.19. The van der Waals surface area contributed by atoms with Gasteiger partial charge in [-0.3, -0.25) is 0 Å². The molecule has 0 aromatic carbocycles. The lowest BCUT2D eigenvalue weighted by molar-refractivity contribution is 0.270. The fraction of sp³-hybridized carbons (Fsp3) is 0.769. The molecular weight excluding hydrogens is 212 g/mol. The number of nitrogens with one attached hydrogen (secondary N) is 2. The lowest BCUT2D eigenvalue weighted by Gasteiger charge is -2.20. The molecule has 0 aliphatic rings. The van der Waals surface area contributed by atoms with Gasteiger partial charge in [0, 0.05) is 12.4 Å². The molecule has 2 N–H and O–H groups in total. The molecule has 4 nitrogen and oxygen atoms in total. The SMILES string of the molecule is CCCN(CCC)CCCNCc1ncc[nH]1. The average Bonchev–Trinajstić information content (AvgIpc) is 2.82. The van der Waals surface area contributed by atoms with Gasteiger partial charge in [-0.2, -0.15) is 0 Å². The Kier molecular flexibility index (Phi) is 7.67. The maximum Gasteiger partial charge on any atom is 0.120 e. The van der Waals surface area contributed by atoms with Crippen molar-refractivity contribution in [3.05, 3.63) is 18.2 Å². The summed E-state index contributed by atoms with van der Waals surface area (Å²) in [5.41, 5.74) is 0. The summed E-state index contributed by atoms with van der Waals surface area (Å²) in [6.45, 7) is 10.1. The quantitative estimate of drug-likeness (QED) is 0.613. The zero-order chi connectivity index (χ0) is 12.3. The Bertz CT molecular complexity index is 252. The van der Waals surface area contributed by atoms with Gasteiger partial charge in [-0.1, -0.05) is 13.8 Å². The van der Waals surface area contributed by atoms with Gasteiger partial charge in [-0.15, -0.1) is 0 Å². The van der Waals surface area contributed by atoms with E-state index >= 15 is 0 Å². The molecule has 1 aromatic heterocycles. The molecule has 0 unspecified atom stereocenters. The second-order valence-corrected chi connectivity index (χ2v) is 4.41. The summed E-state index contributed by atoms with van der Waals surface area (Å²) in [5.74, 6) is 1.02. The first-order valence-electron chi connectivity index (χ1n) is 6.78. The predicted molar refractivity (Wildman–Crippen MR) is 71.9 cm³/mol. The van der Waals surface area contributed by atoms with E-state index in [-0.39, 0.29) is 0 Å². The van der Waals surface area contributed by atoms with Gasteiger partial charge in [0.25, 0.3) is 0 Å². The predicted octanol–water partition coefficient (Wildman–Crippen LogP) is 2.01. The summed E-state index contributed by atoms with van der Waals surface area (Å²) >= 11 is 0. The van der Waals surface area contributed by atoms with Gasteiger partial charge in [0.05, 0.1) is 6.54 Å². The summed E-state index contributed by atoms with van der Waals surface area (Å²) in [6, 6.07) is 0. The Morgan fingerprint density at radius 3 is 2.59 bits per heavy atom. The van der Waals surface area contributed by atoms with Crippen LogP contribution in [0.1, 0.15) is 38.9 Å². The lowest BCUT2D eigenvalue weighted by atomic mass is 10.3. The molecule has 17 heavy (non-hydrogen) atoms. The van der Waals surface area contributed by atoms with Gasteiger partial charge in [0.2, 0.25) is 0 Å². The van der Waals surface area contributed by atoms with Gasteiger partial charge in [-0.25, -0.2) is 4.98 Å². The molecule has 0 fully saturated rings. The largest absolute Gasteiger partial charge is 0.348 e. The minimum atomic E-state index is 0.842. The van der Waals surface area contributed by atoms with Crippen molar-refractivity contribution < 1.29 is 0 Å². The fourth-order valence-corrected chi connectivity index (χ4v) is 2.00. The van der Waals surface area contributed by atoms with Crippen LogP contribution in [0.25, 0.3) is 0 Å². The lowest BCUT2D eigenvalue weighted by Crippen LogP contribution is -2.29. The van der Waals surface area contributed by atoms with Crippen molar-refractivity contribution in [1.82, 2.24) is 20.2 Å². The molecule has 0 bridgehead atoms. The van der Waals surface area contributed by atoms with Gasteiger partial charge in [-0.05, 0) is 45.4 Å². The smallest absolute Gasteiger partial charge is 0.120 e. The summed E-state index contributed by atoms with van der Waals surface area (Å²) < 4.78 is 0. The van der Waals surface area contributed by atoms with E-state index in [9.17, 15) is 0 Å². The zero-order valence-corrected chi connectivity index (χ0v) is 11.2. The first-order chi connectivity index (χ1) is 8.36. The first-order valence-corrected chi connectivity index (χ1v) is 6.78. The van der Waals surface area contributed by atoms with Crippen LogP contribution >= 0.6 is 0 Å². The molecular formula is C13H26N4. The molecule has 98 valence electrons. The molecule has 0 atom stereocenters.